The molecule has 9 nitrogen and oxygen atoms in total. The first kappa shape index (κ1) is 25.9. The van der Waals surface area contributed by atoms with Crippen molar-refractivity contribution in [1.29, 1.82) is 0 Å². The van der Waals surface area contributed by atoms with Gasteiger partial charge in [-0.3, -0.25) is 9.59 Å². The molecule has 1 fully saturated rings. The predicted molar refractivity (Wildman–Crippen MR) is 139 cm³/mol. The maximum absolute atomic E-state index is 13.7. The van der Waals surface area contributed by atoms with Gasteiger partial charge in [0.05, 0.1) is 32.5 Å². The number of aromatic nitrogens is 2. The second kappa shape index (κ2) is 9.38. The van der Waals surface area contributed by atoms with Crippen LogP contribution in [0.4, 0.5) is 10.6 Å². The zero-order valence-corrected chi connectivity index (χ0v) is 23.0. The number of para-hydroxylation sites is 1. The van der Waals surface area contributed by atoms with E-state index < -0.39 is 24.7 Å². The molecule has 36 heavy (non-hydrogen) atoms. The van der Waals surface area contributed by atoms with Crippen LogP contribution in [0.15, 0.2) is 30.3 Å². The van der Waals surface area contributed by atoms with Crippen molar-refractivity contribution in [3.05, 3.63) is 41.6 Å². The zero-order valence-electron chi connectivity index (χ0n) is 22.0. The Kier molecular flexibility index (Phi) is 6.76. The van der Waals surface area contributed by atoms with Crippen molar-refractivity contribution in [1.82, 2.24) is 14.7 Å². The topological polar surface area (TPSA) is 103 Å². The highest BCUT2D eigenvalue weighted by Crippen LogP contribution is 2.56. The lowest BCUT2D eigenvalue weighted by atomic mass is 9.83. The number of carbonyl (C=O) groups excluding carboxylic acids is 3. The fourth-order valence-corrected chi connectivity index (χ4v) is 7.83. The normalized spacial score (nSPS) is 17.7. The van der Waals surface area contributed by atoms with Crippen LogP contribution in [0.25, 0.3) is 0 Å². The third kappa shape index (κ3) is 4.31. The van der Waals surface area contributed by atoms with Gasteiger partial charge < -0.3 is 19.7 Å². The lowest BCUT2D eigenvalue weighted by molar-refractivity contribution is -0.138. The van der Waals surface area contributed by atoms with Crippen LogP contribution in [0.1, 0.15) is 51.3 Å². The molecule has 0 radical (unpaired) electrons. The van der Waals surface area contributed by atoms with E-state index in [0.717, 1.165) is 23.9 Å². The number of hydrogen-bond acceptors (Lipinski definition) is 6. The van der Waals surface area contributed by atoms with E-state index in [1.807, 2.05) is 32.0 Å². The van der Waals surface area contributed by atoms with E-state index in [-0.39, 0.29) is 31.6 Å². The highest BCUT2D eigenvalue weighted by Gasteiger charge is 2.54. The molecule has 1 aliphatic heterocycles. The van der Waals surface area contributed by atoms with Gasteiger partial charge >= 0.3 is 6.09 Å². The van der Waals surface area contributed by atoms with E-state index in [9.17, 15) is 14.4 Å². The molecule has 2 amide bonds. The van der Waals surface area contributed by atoms with Crippen LogP contribution in [0.3, 0.4) is 0 Å². The molecule has 0 atom stereocenters. The third-order valence-corrected chi connectivity index (χ3v) is 11.3. The van der Waals surface area contributed by atoms with Gasteiger partial charge in [-0.25, -0.2) is 4.79 Å². The number of fused-ring (bicyclic) bond motifs is 1. The monoisotopic (exact) mass is 512 g/mol. The molecular formula is C26H36N4O5Si. The Hall–Kier alpha value is -3.14. The molecule has 1 aliphatic carbocycles. The molecule has 0 bridgehead atoms. The molecule has 2 aliphatic rings. The number of nitrogens with one attached hydrogen (secondary N) is 1. The number of benzene rings is 1. The number of hydrogen-bond donors (Lipinski definition) is 1. The number of rotatable bonds is 7. The average Bonchev–Trinajstić information content (AvgIpc) is 3.25. The molecule has 2 heterocycles. The molecule has 1 N–H and O–H groups in total. The number of anilines is 1. The van der Waals surface area contributed by atoms with E-state index in [4.69, 9.17) is 9.47 Å². The number of carbonyl (C=O) groups is 3. The molecule has 2 aromatic rings. The van der Waals surface area contributed by atoms with Crippen LogP contribution in [0, 0.1) is 0 Å². The van der Waals surface area contributed by atoms with Crippen molar-refractivity contribution in [3.8, 4) is 5.75 Å². The number of ether oxygens (including phenoxy) is 2. The van der Waals surface area contributed by atoms with E-state index in [0.29, 0.717) is 22.8 Å². The van der Waals surface area contributed by atoms with E-state index in [1.54, 1.807) is 24.0 Å². The van der Waals surface area contributed by atoms with E-state index in [2.05, 4.69) is 30.1 Å². The summed E-state index contributed by atoms with van der Waals surface area (Å²) in [5.41, 5.74) is 0.408. The second-order valence-electron chi connectivity index (χ2n) is 11.1. The summed E-state index contributed by atoms with van der Waals surface area (Å²) in [6.45, 7) is 12.3. The Balaban J connectivity index is 1.64. The first-order valence-corrected chi connectivity index (χ1v) is 16.0. The van der Waals surface area contributed by atoms with Crippen molar-refractivity contribution in [2.75, 3.05) is 18.5 Å². The van der Waals surface area contributed by atoms with Crippen molar-refractivity contribution in [2.24, 2.45) is 0 Å². The summed E-state index contributed by atoms with van der Waals surface area (Å²) >= 11 is 0. The minimum Gasteiger partial charge on any atom is -0.484 e. The van der Waals surface area contributed by atoms with Gasteiger partial charge in [0.25, 0.3) is 5.91 Å². The Labute approximate surface area is 213 Å². The number of nitrogens with zero attached hydrogens (tertiary/aromatic N) is 3. The summed E-state index contributed by atoms with van der Waals surface area (Å²) in [6, 6.07) is 9.16. The van der Waals surface area contributed by atoms with Gasteiger partial charge in [0.1, 0.15) is 11.6 Å². The fourth-order valence-electron chi connectivity index (χ4n) is 5.24. The minimum absolute atomic E-state index is 0.0730. The summed E-state index contributed by atoms with van der Waals surface area (Å²) in [4.78, 5) is 41.3. The fraction of sp³-hybridized carbons (Fsp3) is 0.538. The van der Waals surface area contributed by atoms with Gasteiger partial charge in [-0.1, -0.05) is 44.3 Å². The highest BCUT2D eigenvalue weighted by molar-refractivity contribution is 6.83. The Morgan fingerprint density at radius 3 is 2.33 bits per heavy atom. The first-order valence-electron chi connectivity index (χ1n) is 12.5. The SMILES string of the molecule is CCOC(=O)n1nc2c(c1NC(=O)C1([Si](C)(C)C)CCC1)CN(C(=O)COc1ccccc1)C2(C)C. The lowest BCUT2D eigenvalue weighted by Crippen LogP contribution is -2.52. The van der Waals surface area contributed by atoms with E-state index >= 15 is 0 Å². The second-order valence-corrected chi connectivity index (χ2v) is 16.5. The zero-order chi connectivity index (χ0) is 26.3. The van der Waals surface area contributed by atoms with Gasteiger partial charge in [0.2, 0.25) is 5.91 Å². The van der Waals surface area contributed by atoms with Gasteiger partial charge in [-0.05, 0) is 45.7 Å². The average molecular weight is 513 g/mol. The minimum atomic E-state index is -1.85. The summed E-state index contributed by atoms with van der Waals surface area (Å²) < 4.78 is 12.1. The summed E-state index contributed by atoms with van der Waals surface area (Å²) in [7, 11) is -1.85. The van der Waals surface area contributed by atoms with Crippen molar-refractivity contribution in [3.63, 3.8) is 0 Å². The molecule has 1 saturated carbocycles. The van der Waals surface area contributed by atoms with Crippen LogP contribution in [0.5, 0.6) is 5.75 Å². The Morgan fingerprint density at radius 1 is 1.11 bits per heavy atom. The largest absolute Gasteiger partial charge is 0.484 e. The van der Waals surface area contributed by atoms with Gasteiger partial charge in [-0.15, -0.1) is 4.68 Å². The summed E-state index contributed by atoms with van der Waals surface area (Å²) in [5.74, 6) is 0.624. The molecule has 1 aromatic carbocycles. The summed E-state index contributed by atoms with van der Waals surface area (Å²) in [5, 5.41) is 7.23. The first-order chi connectivity index (χ1) is 16.9. The van der Waals surface area contributed by atoms with Crippen LogP contribution in [-0.4, -0.2) is 53.9 Å². The van der Waals surface area contributed by atoms with Crippen molar-refractivity contribution < 1.29 is 23.9 Å². The van der Waals surface area contributed by atoms with Gasteiger partial charge in [0.15, 0.2) is 6.61 Å². The van der Waals surface area contributed by atoms with E-state index in [1.165, 1.54) is 0 Å². The van der Waals surface area contributed by atoms with Gasteiger partial charge in [0, 0.05) is 10.6 Å². The molecular weight excluding hydrogens is 476 g/mol. The van der Waals surface area contributed by atoms with Gasteiger partial charge in [-0.2, -0.15) is 5.10 Å². The maximum atomic E-state index is 13.7. The Morgan fingerprint density at radius 2 is 1.78 bits per heavy atom. The molecule has 0 saturated heterocycles. The van der Waals surface area contributed by atoms with Crippen LogP contribution < -0.4 is 10.1 Å². The van der Waals surface area contributed by atoms with Crippen LogP contribution in [0.2, 0.25) is 24.7 Å². The highest BCUT2D eigenvalue weighted by atomic mass is 28.3. The maximum Gasteiger partial charge on any atom is 0.436 e. The number of amides is 2. The summed E-state index contributed by atoms with van der Waals surface area (Å²) in [6.07, 6.45) is 2.05. The van der Waals surface area contributed by atoms with Crippen molar-refractivity contribution >= 4 is 31.8 Å². The quantitative estimate of drug-likeness (QED) is 0.537. The molecule has 1 aromatic heterocycles. The van der Waals surface area contributed by atoms with Crippen LogP contribution >= 0.6 is 0 Å². The third-order valence-electron chi connectivity index (χ3n) is 7.71. The Bertz CT molecular complexity index is 1160. The van der Waals surface area contributed by atoms with Crippen molar-refractivity contribution in [2.45, 2.75) is 76.8 Å². The van der Waals surface area contributed by atoms with Crippen LogP contribution in [-0.2, 0) is 26.4 Å². The molecule has 194 valence electrons. The lowest BCUT2D eigenvalue weighted by Gasteiger charge is -2.48. The molecule has 4 rings (SSSR count). The smallest absolute Gasteiger partial charge is 0.436 e. The molecule has 0 spiro atoms. The predicted octanol–water partition coefficient (Wildman–Crippen LogP) is 4.75. The molecule has 10 heteroatoms. The molecule has 0 unspecified atom stereocenters. The standard InChI is InChI=1S/C26H36N4O5Si/c1-7-34-24(33)30-22(27-23(32)26(14-11-15-26)36(4,5)6)19-16-29(25(2,3)21(19)28-30)20(31)17-35-18-12-9-8-10-13-18/h8-10,12-13H,7,11,14-17H2,1-6H3,(H,27,32).